The number of carbonyl (C=O) groups is 1. The fraction of sp³-hybridized carbons (Fsp3) is 0.474. The Hall–Kier alpha value is -2.54. The van der Waals surface area contributed by atoms with Gasteiger partial charge in [0.05, 0.1) is 17.9 Å². The first-order valence-electron chi connectivity index (χ1n) is 8.88. The molecule has 1 saturated heterocycles. The maximum Gasteiger partial charge on any atom is 0.252 e. The Kier molecular flexibility index (Phi) is 4.55. The number of benzene rings is 1. The van der Waals surface area contributed by atoms with Crippen LogP contribution in [-0.4, -0.2) is 40.1 Å². The third-order valence-corrected chi connectivity index (χ3v) is 4.78. The summed E-state index contributed by atoms with van der Waals surface area (Å²) >= 11 is 0. The molecule has 138 valence electrons. The smallest absolute Gasteiger partial charge is 0.252 e. The van der Waals surface area contributed by atoms with Gasteiger partial charge in [0.1, 0.15) is 6.10 Å². The number of ether oxygens (including phenoxy) is 3. The normalized spacial score (nSPS) is 18.3. The Balaban J connectivity index is 1.57. The monoisotopic (exact) mass is 357 g/mol. The molecular weight excluding hydrogens is 334 g/mol. The second kappa shape index (κ2) is 6.99. The van der Waals surface area contributed by atoms with Gasteiger partial charge in [-0.1, -0.05) is 6.07 Å². The van der Waals surface area contributed by atoms with Crippen molar-refractivity contribution in [2.75, 3.05) is 13.4 Å². The quantitative estimate of drug-likeness (QED) is 0.820. The SMILES string of the molecule is Cc1cc(CN(Cc2ccc3c(c2)OCO3)C(=O)[C@H]2CCCO2)n(C)n1. The summed E-state index contributed by atoms with van der Waals surface area (Å²) in [5, 5.41) is 4.39. The van der Waals surface area contributed by atoms with Gasteiger partial charge in [0.2, 0.25) is 6.79 Å². The summed E-state index contributed by atoms with van der Waals surface area (Å²) in [7, 11) is 1.90. The molecule has 0 saturated carbocycles. The van der Waals surface area contributed by atoms with Crippen molar-refractivity contribution in [1.29, 1.82) is 0 Å². The van der Waals surface area contributed by atoms with Gasteiger partial charge in [-0.25, -0.2) is 0 Å². The van der Waals surface area contributed by atoms with E-state index in [1.807, 2.05) is 47.8 Å². The average Bonchev–Trinajstić information content (AvgIpc) is 3.35. The van der Waals surface area contributed by atoms with Crippen LogP contribution in [0.1, 0.15) is 29.8 Å². The van der Waals surface area contributed by atoms with E-state index in [4.69, 9.17) is 14.2 Å². The first-order chi connectivity index (χ1) is 12.6. The Labute approximate surface area is 152 Å². The lowest BCUT2D eigenvalue weighted by Crippen LogP contribution is -2.38. The van der Waals surface area contributed by atoms with Crippen molar-refractivity contribution in [2.45, 2.75) is 39.0 Å². The maximum atomic E-state index is 13.0. The maximum absolute atomic E-state index is 13.0. The summed E-state index contributed by atoms with van der Waals surface area (Å²) in [6.07, 6.45) is 1.36. The number of amides is 1. The minimum Gasteiger partial charge on any atom is -0.454 e. The molecule has 2 aliphatic heterocycles. The number of aromatic nitrogens is 2. The Morgan fingerprint density at radius 1 is 1.27 bits per heavy atom. The number of nitrogens with zero attached hydrogens (tertiary/aromatic N) is 3. The minimum atomic E-state index is -0.349. The molecule has 4 rings (SSSR count). The lowest BCUT2D eigenvalue weighted by atomic mass is 10.1. The number of fused-ring (bicyclic) bond motifs is 1. The Morgan fingerprint density at radius 3 is 2.85 bits per heavy atom. The predicted octanol–water partition coefficient (Wildman–Crippen LogP) is 2.17. The van der Waals surface area contributed by atoms with E-state index < -0.39 is 0 Å². The summed E-state index contributed by atoms with van der Waals surface area (Å²) in [6.45, 7) is 3.82. The number of aryl methyl sites for hydroxylation is 2. The zero-order valence-corrected chi connectivity index (χ0v) is 15.1. The molecule has 7 heteroatoms. The number of carbonyl (C=O) groups excluding carboxylic acids is 1. The molecule has 0 N–H and O–H groups in total. The van der Waals surface area contributed by atoms with Gasteiger partial charge in [-0.15, -0.1) is 0 Å². The standard InChI is InChI=1S/C19H23N3O4/c1-13-8-15(21(2)20-13)11-22(19(23)17-4-3-7-24-17)10-14-5-6-16-18(9-14)26-12-25-16/h5-6,8-9,17H,3-4,7,10-12H2,1-2H3/t17-/m1/s1. The van der Waals surface area contributed by atoms with Gasteiger partial charge < -0.3 is 19.1 Å². The summed E-state index contributed by atoms with van der Waals surface area (Å²) in [4.78, 5) is 14.9. The molecule has 0 unspecified atom stereocenters. The zero-order chi connectivity index (χ0) is 18.1. The molecule has 1 aromatic heterocycles. The fourth-order valence-corrected chi connectivity index (χ4v) is 3.46. The molecule has 2 aliphatic rings. The molecule has 26 heavy (non-hydrogen) atoms. The van der Waals surface area contributed by atoms with Crippen molar-refractivity contribution >= 4 is 5.91 Å². The highest BCUT2D eigenvalue weighted by atomic mass is 16.7. The molecular formula is C19H23N3O4. The minimum absolute atomic E-state index is 0.0269. The van der Waals surface area contributed by atoms with Crippen LogP contribution >= 0.6 is 0 Å². The first kappa shape index (κ1) is 16.9. The van der Waals surface area contributed by atoms with Gasteiger partial charge in [0, 0.05) is 20.2 Å². The van der Waals surface area contributed by atoms with E-state index in [0.29, 0.717) is 19.7 Å². The van der Waals surface area contributed by atoms with Crippen LogP contribution in [-0.2, 0) is 29.7 Å². The summed E-state index contributed by atoms with van der Waals surface area (Å²) in [5.74, 6) is 1.50. The van der Waals surface area contributed by atoms with Gasteiger partial charge in [-0.3, -0.25) is 9.48 Å². The van der Waals surface area contributed by atoms with E-state index in [2.05, 4.69) is 5.10 Å². The van der Waals surface area contributed by atoms with Crippen molar-refractivity contribution in [3.63, 3.8) is 0 Å². The number of hydrogen-bond acceptors (Lipinski definition) is 5. The largest absolute Gasteiger partial charge is 0.454 e. The lowest BCUT2D eigenvalue weighted by Gasteiger charge is -2.25. The molecule has 1 fully saturated rings. The topological polar surface area (TPSA) is 65.8 Å². The molecule has 1 aromatic carbocycles. The van der Waals surface area contributed by atoms with Crippen molar-refractivity contribution in [3.05, 3.63) is 41.2 Å². The molecule has 0 spiro atoms. The molecule has 1 amide bonds. The van der Waals surface area contributed by atoms with Gasteiger partial charge in [-0.05, 0) is 43.5 Å². The molecule has 2 aromatic rings. The highest BCUT2D eigenvalue weighted by molar-refractivity contribution is 5.81. The number of hydrogen-bond donors (Lipinski definition) is 0. The predicted molar refractivity (Wildman–Crippen MR) is 93.7 cm³/mol. The van der Waals surface area contributed by atoms with Crippen molar-refractivity contribution in [2.24, 2.45) is 7.05 Å². The van der Waals surface area contributed by atoms with Gasteiger partial charge in [0.15, 0.2) is 11.5 Å². The van der Waals surface area contributed by atoms with Crippen LogP contribution in [0.3, 0.4) is 0 Å². The molecule has 1 atom stereocenters. The van der Waals surface area contributed by atoms with Crippen molar-refractivity contribution in [3.8, 4) is 11.5 Å². The molecule has 0 aliphatic carbocycles. The van der Waals surface area contributed by atoms with Crippen molar-refractivity contribution in [1.82, 2.24) is 14.7 Å². The van der Waals surface area contributed by atoms with E-state index >= 15 is 0 Å². The summed E-state index contributed by atoms with van der Waals surface area (Å²) in [5.41, 5.74) is 2.93. The van der Waals surface area contributed by atoms with Crippen LogP contribution in [0.4, 0.5) is 0 Å². The van der Waals surface area contributed by atoms with E-state index in [1.54, 1.807) is 0 Å². The van der Waals surface area contributed by atoms with E-state index in [0.717, 1.165) is 41.3 Å². The highest BCUT2D eigenvalue weighted by Gasteiger charge is 2.29. The lowest BCUT2D eigenvalue weighted by molar-refractivity contribution is -0.142. The second-order valence-electron chi connectivity index (χ2n) is 6.78. The second-order valence-corrected chi connectivity index (χ2v) is 6.78. The molecule has 3 heterocycles. The fourth-order valence-electron chi connectivity index (χ4n) is 3.46. The Morgan fingerprint density at radius 2 is 2.12 bits per heavy atom. The van der Waals surface area contributed by atoms with Crippen LogP contribution in [0.5, 0.6) is 11.5 Å². The Bertz CT molecular complexity index is 811. The summed E-state index contributed by atoms with van der Waals surface area (Å²) in [6, 6.07) is 7.81. The third kappa shape index (κ3) is 3.39. The van der Waals surface area contributed by atoms with Crippen LogP contribution in [0.2, 0.25) is 0 Å². The van der Waals surface area contributed by atoms with Crippen molar-refractivity contribution < 1.29 is 19.0 Å². The van der Waals surface area contributed by atoms with Crippen LogP contribution in [0.25, 0.3) is 0 Å². The average molecular weight is 357 g/mol. The molecule has 7 nitrogen and oxygen atoms in total. The highest BCUT2D eigenvalue weighted by Crippen LogP contribution is 2.33. The van der Waals surface area contributed by atoms with E-state index in [9.17, 15) is 4.79 Å². The zero-order valence-electron chi connectivity index (χ0n) is 15.1. The number of rotatable bonds is 5. The van der Waals surface area contributed by atoms with Gasteiger partial charge >= 0.3 is 0 Å². The van der Waals surface area contributed by atoms with Gasteiger partial charge in [-0.2, -0.15) is 5.10 Å². The van der Waals surface area contributed by atoms with E-state index in [-0.39, 0.29) is 18.8 Å². The van der Waals surface area contributed by atoms with Crippen LogP contribution < -0.4 is 9.47 Å². The van der Waals surface area contributed by atoms with Crippen LogP contribution in [0, 0.1) is 6.92 Å². The molecule has 0 radical (unpaired) electrons. The van der Waals surface area contributed by atoms with Gasteiger partial charge in [0.25, 0.3) is 5.91 Å². The third-order valence-electron chi connectivity index (χ3n) is 4.78. The van der Waals surface area contributed by atoms with E-state index in [1.165, 1.54) is 0 Å². The van der Waals surface area contributed by atoms with Crippen LogP contribution in [0.15, 0.2) is 24.3 Å². The first-order valence-corrected chi connectivity index (χ1v) is 8.88. The summed E-state index contributed by atoms with van der Waals surface area (Å²) < 4.78 is 18.3. The molecule has 0 bridgehead atoms.